The van der Waals surface area contributed by atoms with E-state index in [4.69, 9.17) is 18.0 Å². The molecule has 3 aliphatic rings. The van der Waals surface area contributed by atoms with Crippen LogP contribution in [0.4, 0.5) is 0 Å². The number of nitrogens with zero attached hydrogens (tertiary/aromatic N) is 1. The van der Waals surface area contributed by atoms with Gasteiger partial charge in [-0.15, -0.1) is 0 Å². The van der Waals surface area contributed by atoms with Gasteiger partial charge in [0.1, 0.15) is 0 Å². The van der Waals surface area contributed by atoms with Gasteiger partial charge in [0.05, 0.1) is 4.99 Å². The van der Waals surface area contributed by atoms with E-state index in [1.54, 1.807) is 0 Å². The van der Waals surface area contributed by atoms with Gasteiger partial charge in [-0.05, 0) is 49.9 Å². The van der Waals surface area contributed by atoms with Crippen LogP contribution in [0.3, 0.4) is 0 Å². The second-order valence-electron chi connectivity index (χ2n) is 6.67. The second-order valence-corrected chi connectivity index (χ2v) is 7.20. The first-order valence-corrected chi connectivity index (χ1v) is 8.12. The molecule has 0 spiro atoms. The molecule has 2 N–H and O–H groups in total. The van der Waals surface area contributed by atoms with E-state index < -0.39 is 0 Å². The van der Waals surface area contributed by atoms with Gasteiger partial charge in [0, 0.05) is 25.4 Å². The summed E-state index contributed by atoms with van der Waals surface area (Å²) in [5.41, 5.74) is 5.57. The molecule has 0 heterocycles. The standard InChI is InChI=1S/C15H24N2OS/c16-14(19)5-6-17(13-3-4-13)15(18)9-12-8-10-1-2-11(12)7-10/h10-13H,1-9H2,(H2,16,19). The summed E-state index contributed by atoms with van der Waals surface area (Å²) in [4.78, 5) is 15.1. The number of thiocarbonyl (C=S) groups is 1. The fourth-order valence-corrected chi connectivity index (χ4v) is 4.19. The molecule has 3 saturated carbocycles. The molecule has 0 aromatic rings. The smallest absolute Gasteiger partial charge is 0.223 e. The number of carbonyl (C=O) groups is 1. The zero-order valence-corrected chi connectivity index (χ0v) is 12.3. The second kappa shape index (κ2) is 5.39. The van der Waals surface area contributed by atoms with Gasteiger partial charge >= 0.3 is 0 Å². The summed E-state index contributed by atoms with van der Waals surface area (Å²) < 4.78 is 0. The first kappa shape index (κ1) is 13.3. The zero-order chi connectivity index (χ0) is 13.4. The highest BCUT2D eigenvalue weighted by molar-refractivity contribution is 7.80. The number of hydrogen-bond acceptors (Lipinski definition) is 2. The Morgan fingerprint density at radius 2 is 2.00 bits per heavy atom. The van der Waals surface area contributed by atoms with Crippen LogP contribution in [0, 0.1) is 17.8 Å². The van der Waals surface area contributed by atoms with E-state index in [0.29, 0.717) is 29.3 Å². The molecule has 3 nitrogen and oxygen atoms in total. The normalized spacial score (nSPS) is 32.5. The van der Waals surface area contributed by atoms with Crippen molar-refractivity contribution in [1.82, 2.24) is 4.90 Å². The average Bonchev–Trinajstić information content (AvgIpc) is 2.97. The molecule has 3 atom stereocenters. The van der Waals surface area contributed by atoms with Crippen LogP contribution in [0.15, 0.2) is 0 Å². The van der Waals surface area contributed by atoms with E-state index in [1.807, 2.05) is 0 Å². The van der Waals surface area contributed by atoms with Gasteiger partial charge in [0.25, 0.3) is 0 Å². The van der Waals surface area contributed by atoms with Crippen LogP contribution in [0.25, 0.3) is 0 Å². The quantitative estimate of drug-likeness (QED) is 0.760. The van der Waals surface area contributed by atoms with Crippen molar-refractivity contribution in [2.45, 2.75) is 57.4 Å². The number of nitrogens with two attached hydrogens (primary N) is 1. The van der Waals surface area contributed by atoms with Gasteiger partial charge in [0.2, 0.25) is 5.91 Å². The highest BCUT2D eigenvalue weighted by Crippen LogP contribution is 2.49. The van der Waals surface area contributed by atoms with Gasteiger partial charge in [0.15, 0.2) is 0 Å². The highest BCUT2D eigenvalue weighted by Gasteiger charge is 2.41. The van der Waals surface area contributed by atoms with Crippen molar-refractivity contribution < 1.29 is 4.79 Å². The zero-order valence-electron chi connectivity index (χ0n) is 11.5. The van der Waals surface area contributed by atoms with Crippen molar-refractivity contribution in [2.24, 2.45) is 23.5 Å². The first-order valence-electron chi connectivity index (χ1n) is 7.71. The van der Waals surface area contributed by atoms with Gasteiger partial charge in [-0.2, -0.15) is 0 Å². The summed E-state index contributed by atoms with van der Waals surface area (Å²) in [7, 11) is 0. The van der Waals surface area contributed by atoms with Gasteiger partial charge in [-0.25, -0.2) is 0 Å². The molecular formula is C15H24N2OS. The Balaban J connectivity index is 1.53. The topological polar surface area (TPSA) is 46.3 Å². The number of carbonyl (C=O) groups excluding carboxylic acids is 1. The Morgan fingerprint density at radius 3 is 2.53 bits per heavy atom. The molecule has 3 unspecified atom stereocenters. The summed E-state index contributed by atoms with van der Waals surface area (Å²) >= 11 is 4.93. The van der Waals surface area contributed by atoms with E-state index in [9.17, 15) is 4.79 Å². The summed E-state index contributed by atoms with van der Waals surface area (Å²) in [5, 5.41) is 0. The third kappa shape index (κ3) is 3.10. The molecular weight excluding hydrogens is 256 g/mol. The molecule has 0 saturated heterocycles. The Hall–Kier alpha value is -0.640. The average molecular weight is 280 g/mol. The summed E-state index contributed by atoms with van der Waals surface area (Å²) in [6.45, 7) is 0.736. The lowest BCUT2D eigenvalue weighted by atomic mass is 9.86. The number of amides is 1. The molecule has 106 valence electrons. The molecule has 4 heteroatoms. The molecule has 0 aliphatic heterocycles. The minimum absolute atomic E-state index is 0.358. The molecule has 19 heavy (non-hydrogen) atoms. The van der Waals surface area contributed by atoms with E-state index >= 15 is 0 Å². The summed E-state index contributed by atoms with van der Waals surface area (Å²) in [5.74, 6) is 2.79. The predicted octanol–water partition coefficient (Wildman–Crippen LogP) is 2.48. The first-order chi connectivity index (χ1) is 9.13. The Morgan fingerprint density at radius 1 is 1.21 bits per heavy atom. The molecule has 3 fully saturated rings. The highest BCUT2D eigenvalue weighted by atomic mass is 32.1. The third-order valence-electron chi connectivity index (χ3n) is 5.23. The SMILES string of the molecule is NC(=S)CCN(C(=O)CC1CC2CCC1C2)C1CC1. The number of hydrogen-bond donors (Lipinski definition) is 1. The lowest BCUT2D eigenvalue weighted by Crippen LogP contribution is -2.37. The van der Waals surface area contributed by atoms with Crippen LogP contribution in [0.2, 0.25) is 0 Å². The van der Waals surface area contributed by atoms with Crippen LogP contribution in [-0.4, -0.2) is 28.4 Å². The van der Waals surface area contributed by atoms with Crippen molar-refractivity contribution in [1.29, 1.82) is 0 Å². The molecule has 3 aliphatic carbocycles. The maximum Gasteiger partial charge on any atom is 0.223 e. The predicted molar refractivity (Wildman–Crippen MR) is 79.7 cm³/mol. The van der Waals surface area contributed by atoms with Crippen LogP contribution in [0.5, 0.6) is 0 Å². The van der Waals surface area contributed by atoms with Crippen molar-refractivity contribution in [3.63, 3.8) is 0 Å². The molecule has 1 amide bonds. The Kier molecular flexibility index (Phi) is 3.79. The third-order valence-corrected chi connectivity index (χ3v) is 5.43. The van der Waals surface area contributed by atoms with E-state index in [0.717, 1.165) is 24.8 Å². The van der Waals surface area contributed by atoms with Gasteiger partial charge < -0.3 is 10.6 Å². The van der Waals surface area contributed by atoms with Crippen molar-refractivity contribution in [3.05, 3.63) is 0 Å². The van der Waals surface area contributed by atoms with Crippen molar-refractivity contribution >= 4 is 23.1 Å². The molecule has 0 aromatic carbocycles. The maximum atomic E-state index is 12.5. The van der Waals surface area contributed by atoms with Crippen LogP contribution >= 0.6 is 12.2 Å². The van der Waals surface area contributed by atoms with E-state index in [1.165, 1.54) is 38.5 Å². The lowest BCUT2D eigenvalue weighted by molar-refractivity contribution is -0.133. The maximum absolute atomic E-state index is 12.5. The monoisotopic (exact) mass is 280 g/mol. The van der Waals surface area contributed by atoms with Gasteiger partial charge in [-0.1, -0.05) is 18.6 Å². The summed E-state index contributed by atoms with van der Waals surface area (Å²) in [6.07, 6.45) is 9.23. The lowest BCUT2D eigenvalue weighted by Gasteiger charge is -2.27. The minimum Gasteiger partial charge on any atom is -0.393 e. The van der Waals surface area contributed by atoms with Crippen LogP contribution in [-0.2, 0) is 4.79 Å². The van der Waals surface area contributed by atoms with E-state index in [2.05, 4.69) is 4.90 Å². The fraction of sp³-hybridized carbons (Fsp3) is 0.867. The van der Waals surface area contributed by atoms with Crippen LogP contribution < -0.4 is 5.73 Å². The number of rotatable bonds is 6. The van der Waals surface area contributed by atoms with Crippen molar-refractivity contribution in [2.75, 3.05) is 6.54 Å². The molecule has 2 bridgehead atoms. The number of fused-ring (bicyclic) bond motifs is 2. The fourth-order valence-electron chi connectivity index (χ4n) is 4.10. The molecule has 3 rings (SSSR count). The van der Waals surface area contributed by atoms with Crippen LogP contribution in [0.1, 0.15) is 51.4 Å². The van der Waals surface area contributed by atoms with Gasteiger partial charge in [-0.3, -0.25) is 4.79 Å². The minimum atomic E-state index is 0.358. The molecule has 0 radical (unpaired) electrons. The van der Waals surface area contributed by atoms with Crippen molar-refractivity contribution in [3.8, 4) is 0 Å². The van der Waals surface area contributed by atoms with E-state index in [-0.39, 0.29) is 0 Å². The Bertz CT molecular complexity index is 380. The largest absolute Gasteiger partial charge is 0.393 e. The Labute approximate surface area is 120 Å². The summed E-state index contributed by atoms with van der Waals surface area (Å²) in [6, 6.07) is 0.487. The molecule has 0 aromatic heterocycles.